The molecule has 0 saturated carbocycles. The van der Waals surface area contributed by atoms with E-state index in [-0.39, 0.29) is 11.9 Å². The van der Waals surface area contributed by atoms with Crippen LogP contribution in [-0.2, 0) is 4.79 Å². The SMILES string of the molecule is CN1CC(Nc2ncc3ccccc3n2)CCC1=O. The van der Waals surface area contributed by atoms with Gasteiger partial charge in [-0.3, -0.25) is 4.79 Å². The van der Waals surface area contributed by atoms with Crippen molar-refractivity contribution in [1.29, 1.82) is 0 Å². The predicted octanol–water partition coefficient (Wildman–Crippen LogP) is 1.66. The van der Waals surface area contributed by atoms with Gasteiger partial charge in [0.05, 0.1) is 5.52 Å². The van der Waals surface area contributed by atoms with Crippen molar-refractivity contribution in [1.82, 2.24) is 14.9 Å². The highest BCUT2D eigenvalue weighted by Gasteiger charge is 2.23. The van der Waals surface area contributed by atoms with Crippen molar-refractivity contribution in [3.63, 3.8) is 0 Å². The van der Waals surface area contributed by atoms with Crippen molar-refractivity contribution in [3.05, 3.63) is 30.5 Å². The summed E-state index contributed by atoms with van der Waals surface area (Å²) in [5.74, 6) is 0.837. The molecule has 2 heterocycles. The molecule has 1 atom stereocenters. The number of carbonyl (C=O) groups excluding carboxylic acids is 1. The molecule has 1 N–H and O–H groups in total. The molecule has 1 saturated heterocycles. The maximum Gasteiger partial charge on any atom is 0.223 e. The number of likely N-dealkylation sites (N-methyl/N-ethyl adjacent to an activating group) is 1. The highest BCUT2D eigenvalue weighted by atomic mass is 16.2. The first-order valence-corrected chi connectivity index (χ1v) is 6.44. The third-order valence-corrected chi connectivity index (χ3v) is 3.45. The number of nitrogens with zero attached hydrogens (tertiary/aromatic N) is 3. The molecule has 0 aliphatic carbocycles. The summed E-state index contributed by atoms with van der Waals surface area (Å²) in [7, 11) is 1.83. The molecule has 1 fully saturated rings. The lowest BCUT2D eigenvalue weighted by Crippen LogP contribution is -2.43. The molecular weight excluding hydrogens is 240 g/mol. The Hall–Kier alpha value is -2.17. The van der Waals surface area contributed by atoms with Gasteiger partial charge in [-0.05, 0) is 12.5 Å². The summed E-state index contributed by atoms with van der Waals surface area (Å²) in [5.41, 5.74) is 0.931. The zero-order valence-electron chi connectivity index (χ0n) is 10.8. The average Bonchev–Trinajstić information content (AvgIpc) is 2.43. The third-order valence-electron chi connectivity index (χ3n) is 3.45. The molecule has 0 spiro atoms. The van der Waals surface area contributed by atoms with Crippen LogP contribution < -0.4 is 5.32 Å². The van der Waals surface area contributed by atoms with E-state index in [0.717, 1.165) is 17.3 Å². The summed E-state index contributed by atoms with van der Waals surface area (Å²) < 4.78 is 0. The Morgan fingerprint density at radius 2 is 2.21 bits per heavy atom. The van der Waals surface area contributed by atoms with Gasteiger partial charge in [-0.15, -0.1) is 0 Å². The molecule has 1 aromatic carbocycles. The summed E-state index contributed by atoms with van der Waals surface area (Å²) in [6, 6.07) is 8.13. The molecule has 0 radical (unpaired) electrons. The number of aromatic nitrogens is 2. The minimum atomic E-state index is 0.206. The minimum absolute atomic E-state index is 0.206. The van der Waals surface area contributed by atoms with Crippen LogP contribution in [0, 0.1) is 0 Å². The highest BCUT2D eigenvalue weighted by molar-refractivity contribution is 5.78. The van der Waals surface area contributed by atoms with Gasteiger partial charge in [-0.25, -0.2) is 9.97 Å². The van der Waals surface area contributed by atoms with E-state index in [9.17, 15) is 4.79 Å². The number of hydrogen-bond donors (Lipinski definition) is 1. The van der Waals surface area contributed by atoms with Crippen molar-refractivity contribution in [3.8, 4) is 0 Å². The van der Waals surface area contributed by atoms with E-state index in [1.165, 1.54) is 0 Å². The lowest BCUT2D eigenvalue weighted by Gasteiger charge is -2.30. The number of benzene rings is 1. The molecule has 1 aliphatic rings. The molecule has 5 heteroatoms. The number of fused-ring (bicyclic) bond motifs is 1. The molecule has 2 aromatic rings. The molecule has 0 bridgehead atoms. The summed E-state index contributed by atoms with van der Waals surface area (Å²) in [6.07, 6.45) is 3.24. The fourth-order valence-electron chi connectivity index (χ4n) is 2.35. The lowest BCUT2D eigenvalue weighted by molar-refractivity contribution is -0.132. The van der Waals surface area contributed by atoms with E-state index in [1.54, 1.807) is 4.90 Å². The van der Waals surface area contributed by atoms with Gasteiger partial charge in [0.25, 0.3) is 0 Å². The highest BCUT2D eigenvalue weighted by Crippen LogP contribution is 2.16. The molecule has 1 amide bonds. The number of nitrogens with one attached hydrogen (secondary N) is 1. The second-order valence-corrected chi connectivity index (χ2v) is 4.91. The molecule has 19 heavy (non-hydrogen) atoms. The van der Waals surface area contributed by atoms with E-state index in [0.29, 0.717) is 18.9 Å². The zero-order chi connectivity index (χ0) is 13.2. The average molecular weight is 256 g/mol. The lowest BCUT2D eigenvalue weighted by atomic mass is 10.1. The zero-order valence-corrected chi connectivity index (χ0v) is 10.8. The van der Waals surface area contributed by atoms with Crippen molar-refractivity contribution in [2.75, 3.05) is 18.9 Å². The Morgan fingerprint density at radius 1 is 1.37 bits per heavy atom. The molecule has 1 aliphatic heterocycles. The number of rotatable bonds is 2. The van der Waals surface area contributed by atoms with Gasteiger partial charge in [0.15, 0.2) is 0 Å². The van der Waals surface area contributed by atoms with Crippen LogP contribution in [-0.4, -0.2) is 40.4 Å². The number of carbonyl (C=O) groups is 1. The fourth-order valence-corrected chi connectivity index (χ4v) is 2.35. The Morgan fingerprint density at radius 3 is 3.05 bits per heavy atom. The minimum Gasteiger partial charge on any atom is -0.350 e. The van der Waals surface area contributed by atoms with Gasteiger partial charge < -0.3 is 10.2 Å². The van der Waals surface area contributed by atoms with Crippen LogP contribution >= 0.6 is 0 Å². The second kappa shape index (κ2) is 4.84. The van der Waals surface area contributed by atoms with Gasteiger partial charge in [-0.1, -0.05) is 18.2 Å². The van der Waals surface area contributed by atoms with Gasteiger partial charge in [0.2, 0.25) is 11.9 Å². The van der Waals surface area contributed by atoms with Crippen molar-refractivity contribution in [2.45, 2.75) is 18.9 Å². The van der Waals surface area contributed by atoms with E-state index in [1.807, 2.05) is 37.5 Å². The van der Waals surface area contributed by atoms with E-state index in [2.05, 4.69) is 15.3 Å². The normalized spacial score (nSPS) is 19.7. The predicted molar refractivity (Wildman–Crippen MR) is 73.8 cm³/mol. The molecule has 98 valence electrons. The van der Waals surface area contributed by atoms with Crippen LogP contribution in [0.2, 0.25) is 0 Å². The largest absolute Gasteiger partial charge is 0.350 e. The first kappa shape index (κ1) is 11.9. The maximum atomic E-state index is 11.4. The van der Waals surface area contributed by atoms with Crippen molar-refractivity contribution in [2.24, 2.45) is 0 Å². The number of piperidine rings is 1. The van der Waals surface area contributed by atoms with Crippen molar-refractivity contribution < 1.29 is 4.79 Å². The van der Waals surface area contributed by atoms with Gasteiger partial charge in [0, 0.05) is 37.6 Å². The Labute approximate surface area is 111 Å². The summed E-state index contributed by atoms with van der Waals surface area (Å²) in [5, 5.41) is 4.34. The summed E-state index contributed by atoms with van der Waals surface area (Å²) >= 11 is 0. The van der Waals surface area contributed by atoms with Crippen LogP contribution in [0.5, 0.6) is 0 Å². The second-order valence-electron chi connectivity index (χ2n) is 4.91. The summed E-state index contributed by atoms with van der Waals surface area (Å²) in [6.45, 7) is 0.703. The standard InChI is InChI=1S/C14H16N4O/c1-18-9-11(6-7-13(18)19)16-14-15-8-10-4-2-3-5-12(10)17-14/h2-5,8,11H,6-7,9H2,1H3,(H,15,16,17). The van der Waals surface area contributed by atoms with Crippen LogP contribution in [0.1, 0.15) is 12.8 Å². The van der Waals surface area contributed by atoms with E-state index in [4.69, 9.17) is 0 Å². The number of anilines is 1. The summed E-state index contributed by atoms with van der Waals surface area (Å²) in [4.78, 5) is 22.0. The quantitative estimate of drug-likeness (QED) is 0.888. The van der Waals surface area contributed by atoms with Crippen LogP contribution in [0.4, 0.5) is 5.95 Å². The first-order chi connectivity index (χ1) is 9.22. The van der Waals surface area contributed by atoms with Crippen LogP contribution in [0.25, 0.3) is 10.9 Å². The van der Waals surface area contributed by atoms with Gasteiger partial charge in [-0.2, -0.15) is 0 Å². The van der Waals surface area contributed by atoms with Crippen molar-refractivity contribution >= 4 is 22.8 Å². The molecule has 1 unspecified atom stereocenters. The maximum absolute atomic E-state index is 11.4. The Bertz CT molecular complexity index is 613. The topological polar surface area (TPSA) is 58.1 Å². The number of likely N-dealkylation sites (tertiary alicyclic amines) is 1. The van der Waals surface area contributed by atoms with Gasteiger partial charge >= 0.3 is 0 Å². The Balaban J connectivity index is 1.76. The van der Waals surface area contributed by atoms with E-state index < -0.39 is 0 Å². The van der Waals surface area contributed by atoms with Gasteiger partial charge in [0.1, 0.15) is 0 Å². The number of para-hydroxylation sites is 1. The fraction of sp³-hybridized carbons (Fsp3) is 0.357. The molecule has 1 aromatic heterocycles. The Kier molecular flexibility index (Phi) is 3.03. The smallest absolute Gasteiger partial charge is 0.223 e. The number of hydrogen-bond acceptors (Lipinski definition) is 4. The number of amides is 1. The van der Waals surface area contributed by atoms with E-state index >= 15 is 0 Å². The van der Waals surface area contributed by atoms with Crippen LogP contribution in [0.3, 0.4) is 0 Å². The monoisotopic (exact) mass is 256 g/mol. The molecule has 3 rings (SSSR count). The molecular formula is C14H16N4O. The third kappa shape index (κ3) is 2.50. The molecule has 5 nitrogen and oxygen atoms in total. The first-order valence-electron chi connectivity index (χ1n) is 6.44. The van der Waals surface area contributed by atoms with Crippen LogP contribution in [0.15, 0.2) is 30.5 Å².